The molecule has 2 atom stereocenters. The van der Waals surface area contributed by atoms with Crippen LogP contribution in [0.1, 0.15) is 30.3 Å². The van der Waals surface area contributed by atoms with E-state index >= 15 is 0 Å². The molecule has 1 aromatic heterocycles. The summed E-state index contributed by atoms with van der Waals surface area (Å²) in [5.74, 6) is 0. The van der Waals surface area contributed by atoms with E-state index in [0.717, 1.165) is 19.6 Å². The van der Waals surface area contributed by atoms with Crippen LogP contribution in [0.25, 0.3) is 0 Å². The molecular formula is C13H22N2OS. The fourth-order valence-corrected chi connectivity index (χ4v) is 3.53. The molecule has 1 aliphatic heterocycles. The summed E-state index contributed by atoms with van der Waals surface area (Å²) in [5.41, 5.74) is 3.45. The highest BCUT2D eigenvalue weighted by Gasteiger charge is 2.40. The van der Waals surface area contributed by atoms with Crippen LogP contribution < -0.4 is 5.32 Å². The largest absolute Gasteiger partial charge is 0.378 e. The Morgan fingerprint density at radius 3 is 3.00 bits per heavy atom. The van der Waals surface area contributed by atoms with Crippen LogP contribution in [0.15, 0.2) is 5.51 Å². The van der Waals surface area contributed by atoms with E-state index < -0.39 is 0 Å². The van der Waals surface area contributed by atoms with Crippen LogP contribution in [0.2, 0.25) is 0 Å². The molecule has 2 heterocycles. The molecule has 2 rings (SSSR count). The van der Waals surface area contributed by atoms with Crippen molar-refractivity contribution in [3.63, 3.8) is 0 Å². The van der Waals surface area contributed by atoms with Crippen LogP contribution in [-0.2, 0) is 11.2 Å². The van der Waals surface area contributed by atoms with Crippen molar-refractivity contribution in [1.29, 1.82) is 0 Å². The van der Waals surface area contributed by atoms with Gasteiger partial charge in [-0.05, 0) is 40.2 Å². The highest BCUT2D eigenvalue weighted by Crippen LogP contribution is 2.39. The highest BCUT2D eigenvalue weighted by atomic mass is 32.1. The van der Waals surface area contributed by atoms with Crippen molar-refractivity contribution in [3.8, 4) is 0 Å². The van der Waals surface area contributed by atoms with Gasteiger partial charge < -0.3 is 10.1 Å². The summed E-state index contributed by atoms with van der Waals surface area (Å²) >= 11 is 1.78. The molecule has 0 amide bonds. The Hall–Kier alpha value is -0.450. The lowest BCUT2D eigenvalue weighted by Gasteiger charge is -2.32. The molecule has 2 unspecified atom stereocenters. The molecule has 1 N–H and O–H groups in total. The van der Waals surface area contributed by atoms with Gasteiger partial charge >= 0.3 is 0 Å². The van der Waals surface area contributed by atoms with E-state index in [1.54, 1.807) is 11.3 Å². The number of nitrogens with zero attached hydrogens (tertiary/aromatic N) is 1. The van der Waals surface area contributed by atoms with Gasteiger partial charge in [0.05, 0.1) is 17.3 Å². The summed E-state index contributed by atoms with van der Waals surface area (Å²) in [6.45, 7) is 6.27. The number of nitrogens with one attached hydrogen (secondary N) is 1. The number of aromatic nitrogens is 1. The number of thiazole rings is 1. The van der Waals surface area contributed by atoms with Gasteiger partial charge in [0.2, 0.25) is 0 Å². The number of aryl methyl sites for hydroxylation is 2. The number of hydrogen-bond acceptors (Lipinski definition) is 4. The molecule has 1 fully saturated rings. The van der Waals surface area contributed by atoms with E-state index in [9.17, 15) is 0 Å². The van der Waals surface area contributed by atoms with Crippen LogP contribution in [-0.4, -0.2) is 31.3 Å². The predicted molar refractivity (Wildman–Crippen MR) is 71.6 cm³/mol. The summed E-state index contributed by atoms with van der Waals surface area (Å²) < 4.78 is 5.77. The normalized spacial score (nSPS) is 28.8. The van der Waals surface area contributed by atoms with Crippen molar-refractivity contribution < 1.29 is 4.74 Å². The van der Waals surface area contributed by atoms with Gasteiger partial charge in [0.15, 0.2) is 0 Å². The molecule has 1 aliphatic rings. The third-order valence-corrected chi connectivity index (χ3v) is 5.05. The maximum Gasteiger partial charge on any atom is 0.0797 e. The second-order valence-corrected chi connectivity index (χ2v) is 5.96. The van der Waals surface area contributed by atoms with Crippen LogP contribution >= 0.6 is 11.3 Å². The fraction of sp³-hybridized carbons (Fsp3) is 0.769. The summed E-state index contributed by atoms with van der Waals surface area (Å²) in [5, 5.41) is 3.33. The molecular weight excluding hydrogens is 232 g/mol. The van der Waals surface area contributed by atoms with Gasteiger partial charge in [-0.2, -0.15) is 0 Å². The van der Waals surface area contributed by atoms with E-state index in [4.69, 9.17) is 4.74 Å². The average molecular weight is 254 g/mol. The molecule has 0 radical (unpaired) electrons. The van der Waals surface area contributed by atoms with Gasteiger partial charge in [0.25, 0.3) is 0 Å². The predicted octanol–water partition coefficient (Wildman–Crippen LogP) is 2.40. The molecule has 17 heavy (non-hydrogen) atoms. The minimum atomic E-state index is 0.311. The van der Waals surface area contributed by atoms with E-state index in [1.807, 2.05) is 12.6 Å². The summed E-state index contributed by atoms with van der Waals surface area (Å²) in [6, 6.07) is 0. The molecule has 0 spiro atoms. The van der Waals surface area contributed by atoms with E-state index in [-0.39, 0.29) is 0 Å². The lowest BCUT2D eigenvalue weighted by molar-refractivity contribution is 0.0597. The van der Waals surface area contributed by atoms with Gasteiger partial charge in [-0.3, -0.25) is 0 Å². The second kappa shape index (κ2) is 5.46. The van der Waals surface area contributed by atoms with Crippen molar-refractivity contribution in [3.05, 3.63) is 16.1 Å². The SMILES string of the molecule is CNCC1(CCc2scnc2C)CCOC1C. The standard InChI is InChI=1S/C13H22N2OS/c1-10-12(17-9-15-10)4-5-13(8-14-3)6-7-16-11(13)2/h9,11,14H,4-8H2,1-3H3. The maximum atomic E-state index is 5.77. The van der Waals surface area contributed by atoms with Crippen molar-refractivity contribution in [2.75, 3.05) is 20.2 Å². The summed E-state index contributed by atoms with van der Waals surface area (Å²) in [4.78, 5) is 5.75. The number of rotatable bonds is 5. The zero-order chi connectivity index (χ0) is 12.3. The maximum absolute atomic E-state index is 5.77. The van der Waals surface area contributed by atoms with Crippen molar-refractivity contribution in [2.45, 2.75) is 39.2 Å². The molecule has 96 valence electrons. The molecule has 3 nitrogen and oxygen atoms in total. The van der Waals surface area contributed by atoms with Crippen LogP contribution in [0.4, 0.5) is 0 Å². The summed E-state index contributed by atoms with van der Waals surface area (Å²) in [7, 11) is 2.03. The van der Waals surface area contributed by atoms with Crippen molar-refractivity contribution in [1.82, 2.24) is 10.3 Å². The Morgan fingerprint density at radius 1 is 1.65 bits per heavy atom. The van der Waals surface area contributed by atoms with Crippen LogP contribution in [0.3, 0.4) is 0 Å². The van der Waals surface area contributed by atoms with Gasteiger partial charge in [0.1, 0.15) is 0 Å². The number of hydrogen-bond donors (Lipinski definition) is 1. The Bertz CT molecular complexity index is 366. The Labute approximate surface area is 108 Å². The van der Waals surface area contributed by atoms with Crippen molar-refractivity contribution >= 4 is 11.3 Å². The lowest BCUT2D eigenvalue weighted by Crippen LogP contribution is -2.38. The quantitative estimate of drug-likeness (QED) is 0.876. The summed E-state index contributed by atoms with van der Waals surface area (Å²) in [6.07, 6.45) is 3.86. The van der Waals surface area contributed by atoms with Gasteiger partial charge in [-0.15, -0.1) is 11.3 Å². The molecule has 0 aromatic carbocycles. The first-order valence-corrected chi connectivity index (χ1v) is 7.21. The number of ether oxygens (including phenoxy) is 1. The first-order chi connectivity index (χ1) is 8.18. The molecule has 0 aliphatic carbocycles. The van der Waals surface area contributed by atoms with Crippen LogP contribution in [0, 0.1) is 12.3 Å². The van der Waals surface area contributed by atoms with Crippen molar-refractivity contribution in [2.24, 2.45) is 5.41 Å². The van der Waals surface area contributed by atoms with E-state index in [2.05, 4.69) is 24.1 Å². The van der Waals surface area contributed by atoms with Gasteiger partial charge in [0, 0.05) is 23.4 Å². The zero-order valence-electron chi connectivity index (χ0n) is 11.0. The Morgan fingerprint density at radius 2 is 2.47 bits per heavy atom. The topological polar surface area (TPSA) is 34.2 Å². The van der Waals surface area contributed by atoms with E-state index in [0.29, 0.717) is 11.5 Å². The first-order valence-electron chi connectivity index (χ1n) is 6.33. The Kier molecular flexibility index (Phi) is 4.17. The monoisotopic (exact) mass is 254 g/mol. The Balaban J connectivity index is 2.01. The molecule has 4 heteroatoms. The third kappa shape index (κ3) is 2.69. The minimum absolute atomic E-state index is 0.311. The smallest absolute Gasteiger partial charge is 0.0797 e. The average Bonchev–Trinajstić information content (AvgIpc) is 2.85. The fourth-order valence-electron chi connectivity index (χ4n) is 2.75. The third-order valence-electron chi connectivity index (χ3n) is 4.05. The van der Waals surface area contributed by atoms with Crippen LogP contribution in [0.5, 0.6) is 0 Å². The van der Waals surface area contributed by atoms with Gasteiger partial charge in [-0.25, -0.2) is 4.98 Å². The molecule has 1 saturated heterocycles. The molecule has 0 bridgehead atoms. The van der Waals surface area contributed by atoms with Gasteiger partial charge in [-0.1, -0.05) is 0 Å². The molecule has 0 saturated carbocycles. The lowest BCUT2D eigenvalue weighted by atomic mass is 9.77. The first kappa shape index (κ1) is 13.0. The highest BCUT2D eigenvalue weighted by molar-refractivity contribution is 7.09. The second-order valence-electron chi connectivity index (χ2n) is 5.02. The minimum Gasteiger partial charge on any atom is -0.378 e. The van der Waals surface area contributed by atoms with E-state index in [1.165, 1.54) is 23.4 Å². The zero-order valence-corrected chi connectivity index (χ0v) is 11.8. The molecule has 1 aromatic rings.